The van der Waals surface area contributed by atoms with Crippen LogP contribution < -0.4 is 0 Å². The van der Waals surface area contributed by atoms with Crippen molar-refractivity contribution >= 4 is 11.9 Å². The number of carbonyl (C=O) groups excluding carboxylic acids is 2. The molecule has 1 saturated heterocycles. The molecule has 42 heavy (non-hydrogen) atoms. The smallest absolute Gasteiger partial charge is 0.306 e. The fraction of sp³-hybridized carbons (Fsp3) is 0.829. The van der Waals surface area contributed by atoms with Crippen LogP contribution in [0.25, 0.3) is 0 Å². The highest BCUT2D eigenvalue weighted by atomic mass is 16.7. The summed E-state index contributed by atoms with van der Waals surface area (Å²) in [5.74, 6) is -0.335. The summed E-state index contributed by atoms with van der Waals surface area (Å²) in [4.78, 5) is 27.2. The van der Waals surface area contributed by atoms with Crippen molar-refractivity contribution in [2.45, 2.75) is 149 Å². The van der Waals surface area contributed by atoms with Gasteiger partial charge < -0.3 is 23.8 Å². The summed E-state index contributed by atoms with van der Waals surface area (Å²) in [6.45, 7) is 11.3. The van der Waals surface area contributed by atoms with E-state index in [9.17, 15) is 9.59 Å². The molecule has 1 fully saturated rings. The predicted molar refractivity (Wildman–Crippen MR) is 171 cm³/mol. The number of nitrogens with zero attached hydrogens (tertiary/aromatic N) is 1. The number of hydrogen-bond donors (Lipinski definition) is 0. The van der Waals surface area contributed by atoms with Gasteiger partial charge in [-0.25, -0.2) is 0 Å². The van der Waals surface area contributed by atoms with Crippen LogP contribution in [0.15, 0.2) is 24.3 Å². The van der Waals surface area contributed by atoms with Gasteiger partial charge in [-0.15, -0.1) is 0 Å². The Morgan fingerprint density at radius 2 is 1.33 bits per heavy atom. The fourth-order valence-electron chi connectivity index (χ4n) is 5.03. The van der Waals surface area contributed by atoms with Gasteiger partial charge in [0.1, 0.15) is 6.10 Å². The highest BCUT2D eigenvalue weighted by molar-refractivity contribution is 5.69. The molecule has 1 unspecified atom stereocenters. The number of unbranched alkanes of at least 4 members (excludes halogenated alkanes) is 4. The van der Waals surface area contributed by atoms with Gasteiger partial charge in [-0.1, -0.05) is 51.5 Å². The van der Waals surface area contributed by atoms with E-state index >= 15 is 0 Å². The maximum absolute atomic E-state index is 12.4. The van der Waals surface area contributed by atoms with Gasteiger partial charge in [0.15, 0.2) is 6.29 Å². The number of hydrogen-bond acceptors (Lipinski definition) is 7. The molecule has 0 aliphatic carbocycles. The highest BCUT2D eigenvalue weighted by Crippen LogP contribution is 2.14. The van der Waals surface area contributed by atoms with Crippen LogP contribution in [-0.4, -0.2) is 68.7 Å². The van der Waals surface area contributed by atoms with Gasteiger partial charge in [-0.05, 0) is 110 Å². The molecule has 0 radical (unpaired) electrons. The molecule has 244 valence electrons. The van der Waals surface area contributed by atoms with Crippen molar-refractivity contribution in [1.29, 1.82) is 0 Å². The summed E-state index contributed by atoms with van der Waals surface area (Å²) in [6.07, 6.45) is 24.6. The normalized spacial score (nSPS) is 14.9. The molecule has 0 aromatic rings. The van der Waals surface area contributed by atoms with Crippen LogP contribution in [-0.2, 0) is 28.5 Å². The van der Waals surface area contributed by atoms with Crippen molar-refractivity contribution in [3.05, 3.63) is 24.3 Å². The third kappa shape index (κ3) is 22.8. The van der Waals surface area contributed by atoms with Gasteiger partial charge in [0, 0.05) is 26.1 Å². The second-order valence-electron chi connectivity index (χ2n) is 11.4. The molecule has 1 aliphatic rings. The van der Waals surface area contributed by atoms with Crippen LogP contribution in [0.5, 0.6) is 0 Å². The highest BCUT2D eigenvalue weighted by Gasteiger charge is 2.17. The van der Waals surface area contributed by atoms with Gasteiger partial charge in [0.25, 0.3) is 0 Å². The molecule has 7 heteroatoms. The molecule has 1 rings (SSSR count). The molecule has 0 spiro atoms. The Kier molecular flexibility index (Phi) is 25.6. The number of rotatable bonds is 28. The van der Waals surface area contributed by atoms with E-state index in [-0.39, 0.29) is 30.8 Å². The van der Waals surface area contributed by atoms with Crippen LogP contribution in [0.1, 0.15) is 136 Å². The van der Waals surface area contributed by atoms with Crippen LogP contribution in [0.3, 0.4) is 0 Å². The first-order valence-corrected chi connectivity index (χ1v) is 17.2. The predicted octanol–water partition coefficient (Wildman–Crippen LogP) is 8.31. The summed E-state index contributed by atoms with van der Waals surface area (Å²) >= 11 is 0. The standard InChI is InChI=1S/C35H63NO6/c1-4-7-9-11-13-17-29-40-35(41-30-18-14-12-10-8-5-2)25-24-33(37)39-31-20-22-32(21-6-3)42-34(38)23-19-28-36-26-15-16-27-36/h7-10,32,35H,4-6,11-31H2,1-3H3/b9-7-,10-8-. The van der Waals surface area contributed by atoms with E-state index < -0.39 is 0 Å². The summed E-state index contributed by atoms with van der Waals surface area (Å²) in [7, 11) is 0. The third-order valence-corrected chi connectivity index (χ3v) is 7.42. The summed E-state index contributed by atoms with van der Waals surface area (Å²) in [5, 5.41) is 0. The van der Waals surface area contributed by atoms with E-state index in [1.54, 1.807) is 0 Å². The van der Waals surface area contributed by atoms with E-state index in [0.29, 0.717) is 45.5 Å². The van der Waals surface area contributed by atoms with E-state index in [1.165, 1.54) is 12.8 Å². The van der Waals surface area contributed by atoms with E-state index in [0.717, 1.165) is 90.3 Å². The van der Waals surface area contributed by atoms with Crippen molar-refractivity contribution in [2.24, 2.45) is 0 Å². The third-order valence-electron chi connectivity index (χ3n) is 7.42. The maximum atomic E-state index is 12.4. The van der Waals surface area contributed by atoms with Crippen LogP contribution in [0.4, 0.5) is 0 Å². The lowest BCUT2D eigenvalue weighted by atomic mass is 10.1. The minimum Gasteiger partial charge on any atom is -0.466 e. The first-order chi connectivity index (χ1) is 20.6. The molecular weight excluding hydrogens is 530 g/mol. The van der Waals surface area contributed by atoms with Crippen molar-refractivity contribution in [2.75, 3.05) is 39.5 Å². The monoisotopic (exact) mass is 593 g/mol. The van der Waals surface area contributed by atoms with Gasteiger partial charge >= 0.3 is 11.9 Å². The maximum Gasteiger partial charge on any atom is 0.306 e. The lowest BCUT2D eigenvalue weighted by Gasteiger charge is -2.19. The molecule has 0 amide bonds. The Morgan fingerprint density at radius 1 is 0.690 bits per heavy atom. The number of carbonyl (C=O) groups is 2. The molecule has 0 aromatic carbocycles. The zero-order valence-electron chi connectivity index (χ0n) is 27.3. The van der Waals surface area contributed by atoms with Gasteiger partial charge in [-0.2, -0.15) is 0 Å². The Bertz CT molecular complexity index is 680. The SMILES string of the molecule is CC/C=C\CCCCOC(CCC(=O)OCCCC(CCC)OC(=O)CCCN1CCCC1)OCCCC/C=C\CC. The Hall–Kier alpha value is -1.70. The first-order valence-electron chi connectivity index (χ1n) is 17.2. The second-order valence-corrected chi connectivity index (χ2v) is 11.4. The van der Waals surface area contributed by atoms with Gasteiger partial charge in [0.05, 0.1) is 13.0 Å². The topological polar surface area (TPSA) is 74.3 Å². The Labute approximate surface area is 257 Å². The van der Waals surface area contributed by atoms with Crippen molar-refractivity contribution in [3.8, 4) is 0 Å². The van der Waals surface area contributed by atoms with E-state index in [1.807, 2.05) is 0 Å². The number of esters is 2. The molecule has 7 nitrogen and oxygen atoms in total. The molecule has 0 aromatic heterocycles. The van der Waals surface area contributed by atoms with E-state index in [2.05, 4.69) is 50.0 Å². The molecule has 0 saturated carbocycles. The molecule has 1 heterocycles. The summed E-state index contributed by atoms with van der Waals surface area (Å²) < 4.78 is 23.3. The average Bonchev–Trinajstić information content (AvgIpc) is 3.50. The second kappa shape index (κ2) is 28.1. The first kappa shape index (κ1) is 38.3. The lowest BCUT2D eigenvalue weighted by Crippen LogP contribution is -2.23. The molecule has 0 bridgehead atoms. The fourth-order valence-corrected chi connectivity index (χ4v) is 5.03. The number of allylic oxidation sites excluding steroid dienone is 4. The number of ether oxygens (including phenoxy) is 4. The summed E-state index contributed by atoms with van der Waals surface area (Å²) in [5.41, 5.74) is 0. The molecule has 0 N–H and O–H groups in total. The van der Waals surface area contributed by atoms with Crippen molar-refractivity contribution in [3.63, 3.8) is 0 Å². The van der Waals surface area contributed by atoms with Crippen LogP contribution >= 0.6 is 0 Å². The van der Waals surface area contributed by atoms with Crippen LogP contribution in [0, 0.1) is 0 Å². The molecular formula is C35H63NO6. The van der Waals surface area contributed by atoms with Crippen molar-refractivity contribution in [1.82, 2.24) is 4.90 Å². The number of likely N-dealkylation sites (tertiary alicyclic amines) is 1. The Morgan fingerprint density at radius 3 is 1.93 bits per heavy atom. The molecule has 1 aliphatic heterocycles. The minimum atomic E-state index is -0.381. The van der Waals surface area contributed by atoms with Gasteiger partial charge in [0.2, 0.25) is 0 Å². The zero-order valence-corrected chi connectivity index (χ0v) is 27.3. The molecule has 1 atom stereocenters. The largest absolute Gasteiger partial charge is 0.466 e. The zero-order chi connectivity index (χ0) is 30.5. The van der Waals surface area contributed by atoms with Gasteiger partial charge in [-0.3, -0.25) is 9.59 Å². The lowest BCUT2D eigenvalue weighted by molar-refractivity contribution is -0.159. The summed E-state index contributed by atoms with van der Waals surface area (Å²) in [6, 6.07) is 0. The average molecular weight is 594 g/mol. The van der Waals surface area contributed by atoms with Crippen LogP contribution in [0.2, 0.25) is 0 Å². The quantitative estimate of drug-likeness (QED) is 0.0391. The Balaban J connectivity index is 2.28. The van der Waals surface area contributed by atoms with Crippen molar-refractivity contribution < 1.29 is 28.5 Å². The minimum absolute atomic E-state index is 0.103. The van der Waals surface area contributed by atoms with E-state index in [4.69, 9.17) is 18.9 Å².